The van der Waals surface area contributed by atoms with Gasteiger partial charge in [0.1, 0.15) is 19.1 Å². The highest BCUT2D eigenvalue weighted by molar-refractivity contribution is 5.97. The maximum absolute atomic E-state index is 13.6. The fraction of sp³-hybridized carbons (Fsp3) is 0.517. The Morgan fingerprint density at radius 2 is 1.63 bits per heavy atom. The van der Waals surface area contributed by atoms with E-state index in [0.717, 1.165) is 79.6 Å². The molecule has 5 nitrogen and oxygen atoms in total. The van der Waals surface area contributed by atoms with Crippen LogP contribution in [0.3, 0.4) is 0 Å². The van der Waals surface area contributed by atoms with E-state index in [2.05, 4.69) is 4.90 Å². The summed E-state index contributed by atoms with van der Waals surface area (Å²) in [4.78, 5) is 29.0. The molecule has 2 atom stereocenters. The number of hydrogen-bond acceptors (Lipinski definition) is 4. The highest BCUT2D eigenvalue weighted by atomic mass is 79.9. The molecule has 0 amide bonds. The van der Waals surface area contributed by atoms with Crippen molar-refractivity contribution in [2.24, 2.45) is 5.92 Å². The Labute approximate surface area is 219 Å². The van der Waals surface area contributed by atoms with Gasteiger partial charge >= 0.3 is 5.97 Å². The minimum atomic E-state index is -0.334. The number of aryl methyl sites for hydroxylation is 1. The van der Waals surface area contributed by atoms with Crippen molar-refractivity contribution in [1.82, 2.24) is 4.90 Å². The largest absolute Gasteiger partial charge is 1.00 e. The predicted molar refractivity (Wildman–Crippen MR) is 132 cm³/mol. The fourth-order valence-electron chi connectivity index (χ4n) is 6.23. The van der Waals surface area contributed by atoms with Crippen molar-refractivity contribution in [2.75, 3.05) is 39.3 Å². The first-order valence-corrected chi connectivity index (χ1v) is 13.0. The monoisotopic (exact) mass is 540 g/mol. The molecule has 0 spiro atoms. The number of ketones is 1. The zero-order chi connectivity index (χ0) is 23.5. The van der Waals surface area contributed by atoms with Crippen molar-refractivity contribution in [3.05, 3.63) is 71.3 Å². The summed E-state index contributed by atoms with van der Waals surface area (Å²) >= 11 is 0. The minimum absolute atomic E-state index is 0. The van der Waals surface area contributed by atoms with Crippen LogP contribution in [0.2, 0.25) is 0 Å². The van der Waals surface area contributed by atoms with Crippen molar-refractivity contribution >= 4 is 11.8 Å². The molecule has 2 aromatic carbocycles. The molecule has 4 heterocycles. The van der Waals surface area contributed by atoms with Crippen LogP contribution in [0.25, 0.3) is 0 Å². The van der Waals surface area contributed by atoms with E-state index in [1.165, 1.54) is 6.42 Å². The Morgan fingerprint density at radius 3 is 2.29 bits per heavy atom. The molecule has 4 fully saturated rings. The number of carbonyl (C=O) groups is 2. The van der Waals surface area contributed by atoms with Crippen molar-refractivity contribution in [1.29, 1.82) is 0 Å². The molecule has 6 rings (SSSR count). The van der Waals surface area contributed by atoms with Crippen molar-refractivity contribution in [2.45, 2.75) is 51.2 Å². The maximum Gasteiger partial charge on any atom is 0.328 e. The average Bonchev–Trinajstić information content (AvgIpc) is 2.86. The lowest BCUT2D eigenvalue weighted by atomic mass is 9.82. The maximum atomic E-state index is 13.6. The molecule has 0 radical (unpaired) electrons. The summed E-state index contributed by atoms with van der Waals surface area (Å²) in [6.45, 7) is 7.18. The van der Waals surface area contributed by atoms with Crippen LogP contribution in [0.4, 0.5) is 0 Å². The van der Waals surface area contributed by atoms with Crippen LogP contribution in [0.15, 0.2) is 54.6 Å². The summed E-state index contributed by atoms with van der Waals surface area (Å²) in [5.41, 5.74) is 2.97. The topological polar surface area (TPSA) is 46.6 Å². The molecular weight excluding hydrogens is 504 g/mol. The molecule has 0 saturated carbocycles. The number of benzene rings is 2. The summed E-state index contributed by atoms with van der Waals surface area (Å²) in [7, 11) is 0. The lowest BCUT2D eigenvalue weighted by Crippen LogP contribution is -3.00. The number of nitrogens with zero attached hydrogens (tertiary/aromatic N) is 2. The van der Waals surface area contributed by atoms with Crippen LogP contribution in [0, 0.1) is 12.8 Å². The summed E-state index contributed by atoms with van der Waals surface area (Å²) in [6, 6.07) is 17.6. The molecule has 6 heteroatoms. The molecule has 35 heavy (non-hydrogen) atoms. The van der Waals surface area contributed by atoms with Crippen molar-refractivity contribution in [3.63, 3.8) is 0 Å². The number of carbonyl (C=O) groups excluding carboxylic acids is 2. The zero-order valence-corrected chi connectivity index (χ0v) is 22.3. The Hall–Kier alpha value is -2.02. The molecule has 1 unspecified atom stereocenters. The second kappa shape index (κ2) is 11.4. The number of rotatable bonds is 7. The van der Waals surface area contributed by atoms with Gasteiger partial charge in [0.05, 0.1) is 13.1 Å². The van der Waals surface area contributed by atoms with E-state index < -0.39 is 0 Å². The van der Waals surface area contributed by atoms with Crippen LogP contribution in [-0.2, 0) is 9.53 Å². The van der Waals surface area contributed by atoms with Gasteiger partial charge in [0, 0.05) is 24.3 Å². The number of fused-ring (bicyclic) bond motifs is 3. The number of likely N-dealkylation sites (tertiary alicyclic amines) is 1. The van der Waals surface area contributed by atoms with Gasteiger partial charge in [-0.05, 0) is 38.4 Å². The van der Waals surface area contributed by atoms with E-state index in [1.807, 2.05) is 61.5 Å². The van der Waals surface area contributed by atoms with Crippen molar-refractivity contribution in [3.8, 4) is 0 Å². The van der Waals surface area contributed by atoms with Gasteiger partial charge in [-0.25, -0.2) is 4.79 Å². The third kappa shape index (κ3) is 5.87. The van der Waals surface area contributed by atoms with E-state index >= 15 is 0 Å². The standard InChI is InChI=1S/C29H37N2O3.BrH/c1-22-10-12-23(13-11-22)26(32)20-31-18-14-24(15-19-31)27(21-31)34-29(33)28(25-8-4-2-5-9-25)30-16-6-3-7-17-30;/h2,4-5,8-13,24,27-28H,3,6-7,14-21H2,1H3;1H/q+1;/p-1/t24?,27-,28?,31?;/m0./s1. The number of halogens is 1. The van der Waals surface area contributed by atoms with Crippen LogP contribution in [0.5, 0.6) is 0 Å². The number of Topliss-reactive ketones (excluding diaryl/α,β-unsaturated/α-hetero) is 1. The highest BCUT2D eigenvalue weighted by Crippen LogP contribution is 2.37. The molecule has 4 aliphatic rings. The molecule has 0 aromatic heterocycles. The van der Waals surface area contributed by atoms with E-state index in [9.17, 15) is 9.59 Å². The Kier molecular flexibility index (Phi) is 8.46. The highest BCUT2D eigenvalue weighted by Gasteiger charge is 2.49. The van der Waals surface area contributed by atoms with Gasteiger partial charge < -0.3 is 26.2 Å². The Bertz CT molecular complexity index is 996. The molecule has 4 aliphatic heterocycles. The Balaban J connectivity index is 0.00000289. The Morgan fingerprint density at radius 1 is 0.971 bits per heavy atom. The normalized spacial score (nSPS) is 27.0. The van der Waals surface area contributed by atoms with Gasteiger partial charge in [0.25, 0.3) is 0 Å². The first-order chi connectivity index (χ1) is 16.5. The van der Waals surface area contributed by atoms with Crippen LogP contribution < -0.4 is 17.0 Å². The van der Waals surface area contributed by atoms with Gasteiger partial charge in [-0.2, -0.15) is 0 Å². The second-order valence-corrected chi connectivity index (χ2v) is 10.6. The van der Waals surface area contributed by atoms with Gasteiger partial charge in [-0.1, -0.05) is 66.6 Å². The predicted octanol–water partition coefficient (Wildman–Crippen LogP) is 1.56. The van der Waals surface area contributed by atoms with Gasteiger partial charge in [-0.15, -0.1) is 0 Å². The molecular formula is C29H37BrN2O3. The summed E-state index contributed by atoms with van der Waals surface area (Å²) in [5.74, 6) is 0.493. The van der Waals surface area contributed by atoms with E-state index in [1.54, 1.807) is 0 Å². The van der Waals surface area contributed by atoms with Crippen LogP contribution >= 0.6 is 0 Å². The van der Waals surface area contributed by atoms with Gasteiger partial charge in [0.15, 0.2) is 6.10 Å². The zero-order valence-electron chi connectivity index (χ0n) is 20.7. The van der Waals surface area contributed by atoms with E-state index in [-0.39, 0.29) is 40.9 Å². The number of quaternary nitrogens is 1. The molecule has 0 N–H and O–H groups in total. The first kappa shape index (κ1) is 26.1. The molecule has 4 saturated heterocycles. The number of piperidine rings is 4. The summed E-state index contributed by atoms with van der Waals surface area (Å²) in [6.07, 6.45) is 5.44. The lowest BCUT2D eigenvalue weighted by molar-refractivity contribution is -0.938. The van der Waals surface area contributed by atoms with Crippen LogP contribution in [0.1, 0.15) is 59.6 Å². The van der Waals surface area contributed by atoms with Crippen LogP contribution in [-0.4, -0.2) is 66.5 Å². The summed E-state index contributed by atoms with van der Waals surface area (Å²) in [5, 5.41) is 0. The third-order valence-corrected chi connectivity index (χ3v) is 8.26. The SMILES string of the molecule is Cc1ccc(C(=O)C[N+]23CCC(CC2)[C@@H](OC(=O)C(c2ccccc2)N2CCCCC2)C3)cc1.[Br-]. The minimum Gasteiger partial charge on any atom is -1.00 e. The third-order valence-electron chi connectivity index (χ3n) is 8.26. The molecule has 188 valence electrons. The quantitative estimate of drug-likeness (QED) is 0.304. The van der Waals surface area contributed by atoms with E-state index in [0.29, 0.717) is 12.5 Å². The molecule has 2 bridgehead atoms. The average molecular weight is 542 g/mol. The van der Waals surface area contributed by atoms with E-state index in [4.69, 9.17) is 4.74 Å². The number of hydrogen-bond donors (Lipinski definition) is 0. The second-order valence-electron chi connectivity index (χ2n) is 10.6. The van der Waals surface area contributed by atoms with Gasteiger partial charge in [-0.3, -0.25) is 9.69 Å². The van der Waals surface area contributed by atoms with Gasteiger partial charge in [0.2, 0.25) is 5.78 Å². The first-order valence-electron chi connectivity index (χ1n) is 13.0. The smallest absolute Gasteiger partial charge is 0.328 e. The molecule has 0 aliphatic carbocycles. The number of ether oxygens (including phenoxy) is 1. The molecule has 2 aromatic rings. The lowest BCUT2D eigenvalue weighted by Gasteiger charge is -2.51. The van der Waals surface area contributed by atoms with Crippen molar-refractivity contribution < 1.29 is 35.8 Å². The summed E-state index contributed by atoms with van der Waals surface area (Å²) < 4.78 is 7.07. The fourth-order valence-corrected chi connectivity index (χ4v) is 6.23. The number of esters is 1.